The average molecular weight is 445 g/mol. The number of nitrogens with one attached hydrogen (secondary N) is 1. The topological polar surface area (TPSA) is 104 Å². The van der Waals surface area contributed by atoms with Gasteiger partial charge in [0.25, 0.3) is 11.1 Å². The quantitative estimate of drug-likeness (QED) is 0.609. The van der Waals surface area contributed by atoms with Crippen LogP contribution < -0.4 is 5.32 Å². The Morgan fingerprint density at radius 1 is 1.07 bits per heavy atom. The number of rotatable bonds is 7. The van der Waals surface area contributed by atoms with Crippen LogP contribution in [0.3, 0.4) is 0 Å². The Balaban J connectivity index is 1.51. The molecule has 9 heteroatoms. The maximum atomic E-state index is 12.5. The molecule has 30 heavy (non-hydrogen) atoms. The van der Waals surface area contributed by atoms with E-state index in [4.69, 9.17) is 16.7 Å². The highest BCUT2D eigenvalue weighted by molar-refractivity contribution is 8.18. The molecular weight excluding hydrogens is 428 g/mol. The molecule has 7 nitrogen and oxygen atoms in total. The summed E-state index contributed by atoms with van der Waals surface area (Å²) in [7, 11) is 0. The van der Waals surface area contributed by atoms with Gasteiger partial charge in [0.2, 0.25) is 5.91 Å². The first-order valence-electron chi connectivity index (χ1n) is 8.97. The van der Waals surface area contributed by atoms with E-state index in [1.54, 1.807) is 30.3 Å². The molecule has 1 aliphatic rings. The summed E-state index contributed by atoms with van der Waals surface area (Å²) >= 11 is 6.71. The number of anilines is 1. The second-order valence-electron chi connectivity index (χ2n) is 6.42. The van der Waals surface area contributed by atoms with Crippen LogP contribution in [0.2, 0.25) is 5.02 Å². The molecular formula is C21H17ClN2O5S. The number of aromatic carboxylic acids is 1. The van der Waals surface area contributed by atoms with Gasteiger partial charge in [-0.05, 0) is 66.2 Å². The van der Waals surface area contributed by atoms with E-state index in [2.05, 4.69) is 5.32 Å². The summed E-state index contributed by atoms with van der Waals surface area (Å²) in [6.07, 6.45) is 2.05. The van der Waals surface area contributed by atoms with Crippen molar-refractivity contribution in [3.63, 3.8) is 0 Å². The van der Waals surface area contributed by atoms with Crippen molar-refractivity contribution < 1.29 is 24.3 Å². The molecule has 0 bridgehead atoms. The molecule has 0 atom stereocenters. The zero-order valence-corrected chi connectivity index (χ0v) is 17.2. The Kier molecular flexibility index (Phi) is 6.91. The van der Waals surface area contributed by atoms with E-state index in [0.29, 0.717) is 22.0 Å². The van der Waals surface area contributed by atoms with Crippen LogP contribution in [0.25, 0.3) is 6.08 Å². The standard InChI is InChI=1S/C21H17ClN2O5S/c22-15-7-3-13(4-8-15)12-17-19(26)24(21(29)30-17)11-1-2-18(25)23-16-9-5-14(6-10-16)20(27)28/h3-10,12H,1-2,11H2,(H,23,25)(H,27,28)/b17-12-. The van der Waals surface area contributed by atoms with Crippen LogP contribution in [-0.4, -0.2) is 39.6 Å². The van der Waals surface area contributed by atoms with Crippen molar-refractivity contribution in [3.8, 4) is 0 Å². The number of thioether (sulfide) groups is 1. The molecule has 1 fully saturated rings. The lowest BCUT2D eigenvalue weighted by Crippen LogP contribution is -2.29. The van der Waals surface area contributed by atoms with Crippen LogP contribution in [0, 0.1) is 0 Å². The summed E-state index contributed by atoms with van der Waals surface area (Å²) in [5.74, 6) is -1.72. The lowest BCUT2D eigenvalue weighted by atomic mass is 10.2. The first-order valence-corrected chi connectivity index (χ1v) is 10.2. The van der Waals surface area contributed by atoms with Gasteiger partial charge >= 0.3 is 5.97 Å². The summed E-state index contributed by atoms with van der Waals surface area (Å²) in [6, 6.07) is 12.7. The predicted molar refractivity (Wildman–Crippen MR) is 115 cm³/mol. The molecule has 0 unspecified atom stereocenters. The Hall–Kier alpha value is -3.10. The molecule has 2 N–H and O–H groups in total. The lowest BCUT2D eigenvalue weighted by Gasteiger charge is -2.12. The highest BCUT2D eigenvalue weighted by atomic mass is 35.5. The monoisotopic (exact) mass is 444 g/mol. The minimum Gasteiger partial charge on any atom is -0.478 e. The highest BCUT2D eigenvalue weighted by Crippen LogP contribution is 2.32. The van der Waals surface area contributed by atoms with Crippen LogP contribution in [0.4, 0.5) is 10.5 Å². The molecule has 0 aromatic heterocycles. The Morgan fingerprint density at radius 3 is 2.37 bits per heavy atom. The largest absolute Gasteiger partial charge is 0.478 e. The van der Waals surface area contributed by atoms with E-state index in [1.807, 2.05) is 0 Å². The molecule has 0 spiro atoms. The number of carbonyl (C=O) groups is 4. The Labute approximate surface area is 181 Å². The maximum Gasteiger partial charge on any atom is 0.335 e. The SMILES string of the molecule is O=C(CCCN1C(=O)S/C(=C\c2ccc(Cl)cc2)C1=O)Nc1ccc(C(=O)O)cc1. The van der Waals surface area contributed by atoms with Crippen molar-refractivity contribution in [2.45, 2.75) is 12.8 Å². The Bertz CT molecular complexity index is 1020. The van der Waals surface area contributed by atoms with E-state index in [0.717, 1.165) is 22.2 Å². The van der Waals surface area contributed by atoms with Crippen molar-refractivity contribution in [2.75, 3.05) is 11.9 Å². The zero-order valence-electron chi connectivity index (χ0n) is 15.6. The van der Waals surface area contributed by atoms with Gasteiger partial charge in [-0.15, -0.1) is 0 Å². The number of amides is 3. The molecule has 3 amide bonds. The molecule has 1 saturated heterocycles. The molecule has 154 valence electrons. The van der Waals surface area contributed by atoms with Crippen LogP contribution >= 0.6 is 23.4 Å². The summed E-state index contributed by atoms with van der Waals surface area (Å²) in [4.78, 5) is 49.0. The normalized spacial score (nSPS) is 15.0. The van der Waals surface area contributed by atoms with Gasteiger partial charge in [-0.1, -0.05) is 23.7 Å². The van der Waals surface area contributed by atoms with E-state index < -0.39 is 5.97 Å². The summed E-state index contributed by atoms with van der Waals surface area (Å²) in [5.41, 5.74) is 1.36. The first-order chi connectivity index (χ1) is 14.3. The minimum absolute atomic E-state index is 0.110. The smallest absolute Gasteiger partial charge is 0.335 e. The van der Waals surface area contributed by atoms with Gasteiger partial charge in [0.15, 0.2) is 0 Å². The van der Waals surface area contributed by atoms with Crippen LogP contribution in [0.15, 0.2) is 53.4 Å². The first kappa shape index (κ1) is 21.6. The van der Waals surface area contributed by atoms with Gasteiger partial charge in [-0.25, -0.2) is 4.79 Å². The van der Waals surface area contributed by atoms with Crippen molar-refractivity contribution in [1.82, 2.24) is 4.90 Å². The van der Waals surface area contributed by atoms with Gasteiger partial charge in [-0.3, -0.25) is 19.3 Å². The molecule has 1 heterocycles. The minimum atomic E-state index is -1.05. The molecule has 2 aromatic carbocycles. The molecule has 0 aliphatic carbocycles. The van der Waals surface area contributed by atoms with Crippen molar-refractivity contribution in [2.24, 2.45) is 0 Å². The fourth-order valence-corrected chi connectivity index (χ4v) is 3.71. The fourth-order valence-electron chi connectivity index (χ4n) is 2.72. The molecule has 2 aromatic rings. The zero-order chi connectivity index (χ0) is 21.7. The second kappa shape index (κ2) is 9.60. The van der Waals surface area contributed by atoms with Gasteiger partial charge in [0.05, 0.1) is 10.5 Å². The van der Waals surface area contributed by atoms with Gasteiger partial charge in [-0.2, -0.15) is 0 Å². The number of hydrogen-bond acceptors (Lipinski definition) is 5. The number of benzene rings is 2. The maximum absolute atomic E-state index is 12.5. The highest BCUT2D eigenvalue weighted by Gasteiger charge is 2.34. The van der Waals surface area contributed by atoms with Crippen LogP contribution in [0.5, 0.6) is 0 Å². The van der Waals surface area contributed by atoms with E-state index in [-0.39, 0.29) is 35.6 Å². The summed E-state index contributed by atoms with van der Waals surface area (Å²) < 4.78 is 0. The number of imide groups is 1. The summed E-state index contributed by atoms with van der Waals surface area (Å²) in [5, 5.41) is 11.7. The third-order valence-electron chi connectivity index (χ3n) is 4.24. The molecule has 0 radical (unpaired) electrons. The number of carboxylic acid groups (broad SMARTS) is 1. The lowest BCUT2D eigenvalue weighted by molar-refractivity contribution is -0.123. The van der Waals surface area contributed by atoms with E-state index in [9.17, 15) is 19.2 Å². The fraction of sp³-hybridized carbons (Fsp3) is 0.143. The van der Waals surface area contributed by atoms with E-state index >= 15 is 0 Å². The molecule has 0 saturated carbocycles. The molecule has 3 rings (SSSR count). The predicted octanol–water partition coefficient (Wildman–Crippen LogP) is 4.49. The number of halogens is 1. The van der Waals surface area contributed by atoms with Gasteiger partial charge < -0.3 is 10.4 Å². The molecule has 1 aliphatic heterocycles. The number of hydrogen-bond donors (Lipinski definition) is 2. The Morgan fingerprint density at radius 2 is 1.73 bits per heavy atom. The number of carbonyl (C=O) groups excluding carboxylic acids is 3. The average Bonchev–Trinajstić information content (AvgIpc) is 2.97. The van der Waals surface area contributed by atoms with Crippen molar-refractivity contribution >= 4 is 58.1 Å². The van der Waals surface area contributed by atoms with Gasteiger partial charge in [0, 0.05) is 23.7 Å². The van der Waals surface area contributed by atoms with E-state index in [1.165, 1.54) is 24.3 Å². The number of nitrogens with zero attached hydrogens (tertiary/aromatic N) is 1. The van der Waals surface area contributed by atoms with Crippen molar-refractivity contribution in [3.05, 3.63) is 69.6 Å². The van der Waals surface area contributed by atoms with Crippen LogP contribution in [0.1, 0.15) is 28.8 Å². The van der Waals surface area contributed by atoms with Crippen LogP contribution in [-0.2, 0) is 9.59 Å². The summed E-state index contributed by atoms with van der Waals surface area (Å²) in [6.45, 7) is 0.133. The third-order valence-corrected chi connectivity index (χ3v) is 5.40. The third kappa shape index (κ3) is 5.49. The van der Waals surface area contributed by atoms with Gasteiger partial charge in [0.1, 0.15) is 0 Å². The second-order valence-corrected chi connectivity index (χ2v) is 7.85. The number of carboxylic acids is 1. The van der Waals surface area contributed by atoms with Crippen molar-refractivity contribution in [1.29, 1.82) is 0 Å².